The molecule has 0 bridgehead atoms. The summed E-state index contributed by atoms with van der Waals surface area (Å²) >= 11 is 0. The van der Waals surface area contributed by atoms with Gasteiger partial charge in [-0.2, -0.15) is 0 Å². The molecule has 0 aliphatic carbocycles. The zero-order valence-corrected chi connectivity index (χ0v) is 11.7. The van der Waals surface area contributed by atoms with Crippen molar-refractivity contribution >= 4 is 5.91 Å². The Morgan fingerprint density at radius 1 is 1.14 bits per heavy atom. The summed E-state index contributed by atoms with van der Waals surface area (Å²) in [4.78, 5) is 12.0. The van der Waals surface area contributed by atoms with Crippen LogP contribution in [0, 0.1) is 11.6 Å². The predicted octanol–water partition coefficient (Wildman–Crippen LogP) is 3.46. The summed E-state index contributed by atoms with van der Waals surface area (Å²) in [6, 6.07) is 9.72. The molecule has 5 heteroatoms. The fraction of sp³-hybridized carbons (Fsp3) is 0.188. The smallest absolute Gasteiger partial charge is 0.254 e. The molecule has 0 aliphatic rings. The van der Waals surface area contributed by atoms with Crippen molar-refractivity contribution in [1.29, 1.82) is 0 Å². The van der Waals surface area contributed by atoms with Gasteiger partial charge in [-0.1, -0.05) is 12.1 Å². The van der Waals surface area contributed by atoms with Crippen molar-refractivity contribution in [3.63, 3.8) is 0 Å². The lowest BCUT2D eigenvalue weighted by Crippen LogP contribution is -2.27. The topological polar surface area (TPSA) is 38.3 Å². The minimum absolute atomic E-state index is 0.184. The normalized spacial score (nSPS) is 11.8. The summed E-state index contributed by atoms with van der Waals surface area (Å²) in [7, 11) is 1.57. The van der Waals surface area contributed by atoms with Crippen LogP contribution >= 0.6 is 0 Å². The Labute approximate surface area is 121 Å². The second kappa shape index (κ2) is 6.35. The Morgan fingerprint density at radius 3 is 2.38 bits per heavy atom. The average molecular weight is 291 g/mol. The van der Waals surface area contributed by atoms with Crippen LogP contribution in [0.1, 0.15) is 28.9 Å². The minimum Gasteiger partial charge on any atom is -0.497 e. The third kappa shape index (κ3) is 3.56. The number of amides is 1. The summed E-state index contributed by atoms with van der Waals surface area (Å²) in [6.45, 7) is 1.78. The van der Waals surface area contributed by atoms with Crippen molar-refractivity contribution in [2.24, 2.45) is 0 Å². The van der Waals surface area contributed by atoms with E-state index < -0.39 is 17.5 Å². The number of ether oxygens (including phenoxy) is 1. The molecule has 0 aliphatic heterocycles. The molecular weight excluding hydrogens is 276 g/mol. The van der Waals surface area contributed by atoms with E-state index in [-0.39, 0.29) is 11.6 Å². The first-order valence-corrected chi connectivity index (χ1v) is 6.41. The number of hydrogen-bond donors (Lipinski definition) is 1. The molecule has 3 nitrogen and oxygen atoms in total. The standard InChI is InChI=1S/C16H15F2NO2/c1-10(11-3-6-13(21-2)7-4-11)19-16(20)14-8-5-12(17)9-15(14)18/h3-10H,1-2H3,(H,19,20). The van der Waals surface area contributed by atoms with Gasteiger partial charge in [-0.05, 0) is 36.8 Å². The highest BCUT2D eigenvalue weighted by atomic mass is 19.1. The summed E-state index contributed by atoms with van der Waals surface area (Å²) in [5, 5.41) is 2.67. The fourth-order valence-corrected chi connectivity index (χ4v) is 1.92. The van der Waals surface area contributed by atoms with Crippen LogP contribution in [0.25, 0.3) is 0 Å². The van der Waals surface area contributed by atoms with Crippen molar-refractivity contribution in [2.75, 3.05) is 7.11 Å². The van der Waals surface area contributed by atoms with Crippen LogP contribution in [0.4, 0.5) is 8.78 Å². The molecule has 1 atom stereocenters. The van der Waals surface area contributed by atoms with E-state index in [1.165, 1.54) is 0 Å². The molecule has 2 rings (SSSR count). The monoisotopic (exact) mass is 291 g/mol. The molecular formula is C16H15F2NO2. The van der Waals surface area contributed by atoms with Crippen LogP contribution < -0.4 is 10.1 Å². The quantitative estimate of drug-likeness (QED) is 0.936. The number of benzene rings is 2. The third-order valence-corrected chi connectivity index (χ3v) is 3.14. The lowest BCUT2D eigenvalue weighted by Gasteiger charge is -2.15. The number of rotatable bonds is 4. The number of hydrogen-bond acceptors (Lipinski definition) is 2. The number of halogens is 2. The van der Waals surface area contributed by atoms with Crippen molar-refractivity contribution in [3.8, 4) is 5.75 Å². The molecule has 21 heavy (non-hydrogen) atoms. The number of carbonyl (C=O) groups excluding carboxylic acids is 1. The van der Waals surface area contributed by atoms with E-state index in [1.54, 1.807) is 26.2 Å². The minimum atomic E-state index is -0.880. The highest BCUT2D eigenvalue weighted by molar-refractivity contribution is 5.94. The Hall–Kier alpha value is -2.43. The van der Waals surface area contributed by atoms with E-state index >= 15 is 0 Å². The van der Waals surface area contributed by atoms with Crippen molar-refractivity contribution < 1.29 is 18.3 Å². The van der Waals surface area contributed by atoms with E-state index in [2.05, 4.69) is 5.32 Å². The van der Waals surface area contributed by atoms with Gasteiger partial charge < -0.3 is 10.1 Å². The van der Waals surface area contributed by atoms with E-state index in [1.807, 2.05) is 12.1 Å². The summed E-state index contributed by atoms with van der Waals surface area (Å²) in [5.41, 5.74) is 0.670. The van der Waals surface area contributed by atoms with Crippen LogP contribution in [0.15, 0.2) is 42.5 Å². The van der Waals surface area contributed by atoms with Crippen LogP contribution in [0.5, 0.6) is 5.75 Å². The molecule has 110 valence electrons. The van der Waals surface area contributed by atoms with Gasteiger partial charge >= 0.3 is 0 Å². The van der Waals surface area contributed by atoms with Crippen LogP contribution in [-0.2, 0) is 0 Å². The largest absolute Gasteiger partial charge is 0.497 e. The molecule has 0 saturated carbocycles. The Bertz CT molecular complexity index is 641. The number of methoxy groups -OCH3 is 1. The molecule has 0 saturated heterocycles. The van der Waals surface area contributed by atoms with Gasteiger partial charge in [0.1, 0.15) is 17.4 Å². The van der Waals surface area contributed by atoms with E-state index in [0.717, 1.165) is 17.7 Å². The first-order chi connectivity index (χ1) is 10.0. The van der Waals surface area contributed by atoms with Crippen LogP contribution in [-0.4, -0.2) is 13.0 Å². The molecule has 0 radical (unpaired) electrons. The maximum absolute atomic E-state index is 13.5. The van der Waals surface area contributed by atoms with Gasteiger partial charge in [0.05, 0.1) is 18.7 Å². The summed E-state index contributed by atoms with van der Waals surface area (Å²) < 4.78 is 31.4. The molecule has 2 aromatic carbocycles. The molecule has 0 spiro atoms. The van der Waals surface area contributed by atoms with E-state index in [0.29, 0.717) is 11.8 Å². The van der Waals surface area contributed by atoms with Gasteiger partial charge in [-0.25, -0.2) is 8.78 Å². The van der Waals surface area contributed by atoms with Crippen molar-refractivity contribution in [1.82, 2.24) is 5.32 Å². The zero-order valence-electron chi connectivity index (χ0n) is 11.7. The van der Waals surface area contributed by atoms with E-state index in [9.17, 15) is 13.6 Å². The lowest BCUT2D eigenvalue weighted by atomic mass is 10.1. The first-order valence-electron chi connectivity index (χ1n) is 6.41. The molecule has 1 N–H and O–H groups in total. The Morgan fingerprint density at radius 2 is 1.81 bits per heavy atom. The van der Waals surface area contributed by atoms with Crippen LogP contribution in [0.3, 0.4) is 0 Å². The Balaban J connectivity index is 2.10. The van der Waals surface area contributed by atoms with E-state index in [4.69, 9.17) is 4.74 Å². The van der Waals surface area contributed by atoms with Gasteiger partial charge in [0.15, 0.2) is 0 Å². The lowest BCUT2D eigenvalue weighted by molar-refractivity contribution is 0.0935. The van der Waals surface area contributed by atoms with Gasteiger partial charge in [0, 0.05) is 6.07 Å². The molecule has 1 unspecified atom stereocenters. The SMILES string of the molecule is COc1ccc(C(C)NC(=O)c2ccc(F)cc2F)cc1. The Kier molecular flexibility index (Phi) is 4.52. The number of nitrogens with one attached hydrogen (secondary N) is 1. The highest BCUT2D eigenvalue weighted by Gasteiger charge is 2.15. The molecule has 1 amide bonds. The fourth-order valence-electron chi connectivity index (χ4n) is 1.92. The molecule has 2 aromatic rings. The van der Waals surface area contributed by atoms with Gasteiger partial charge in [0.25, 0.3) is 5.91 Å². The summed E-state index contributed by atoms with van der Waals surface area (Å²) in [5.74, 6) is -1.47. The summed E-state index contributed by atoms with van der Waals surface area (Å²) in [6.07, 6.45) is 0. The van der Waals surface area contributed by atoms with Crippen LogP contribution in [0.2, 0.25) is 0 Å². The molecule has 0 heterocycles. The highest BCUT2D eigenvalue weighted by Crippen LogP contribution is 2.18. The predicted molar refractivity (Wildman–Crippen MR) is 75.2 cm³/mol. The second-order valence-electron chi connectivity index (χ2n) is 4.59. The first kappa shape index (κ1) is 15.0. The maximum atomic E-state index is 13.5. The molecule has 0 fully saturated rings. The average Bonchev–Trinajstić information content (AvgIpc) is 2.47. The maximum Gasteiger partial charge on any atom is 0.254 e. The van der Waals surface area contributed by atoms with Crippen molar-refractivity contribution in [3.05, 3.63) is 65.2 Å². The van der Waals surface area contributed by atoms with Gasteiger partial charge in [0.2, 0.25) is 0 Å². The van der Waals surface area contributed by atoms with Gasteiger partial charge in [-0.3, -0.25) is 4.79 Å². The second-order valence-corrected chi connectivity index (χ2v) is 4.59. The third-order valence-electron chi connectivity index (χ3n) is 3.14. The zero-order chi connectivity index (χ0) is 15.4. The van der Waals surface area contributed by atoms with Gasteiger partial charge in [-0.15, -0.1) is 0 Å². The van der Waals surface area contributed by atoms with Crippen molar-refractivity contribution in [2.45, 2.75) is 13.0 Å². The number of carbonyl (C=O) groups is 1. The molecule has 0 aromatic heterocycles.